The second-order valence-corrected chi connectivity index (χ2v) is 7.85. The van der Waals surface area contributed by atoms with Crippen LogP contribution >= 0.6 is 15.9 Å². The molecule has 1 aliphatic rings. The zero-order chi connectivity index (χ0) is 18.8. The number of benzene rings is 1. The predicted molar refractivity (Wildman–Crippen MR) is 96.5 cm³/mol. The van der Waals surface area contributed by atoms with Gasteiger partial charge in [0, 0.05) is 12.6 Å². The number of piperidine rings is 1. The molecule has 2 rings (SSSR count). The maximum Gasteiger partial charge on any atom is 0.410 e. The molecule has 1 heterocycles. The summed E-state index contributed by atoms with van der Waals surface area (Å²) in [5, 5.41) is 13.5. The van der Waals surface area contributed by atoms with Crippen LogP contribution < -0.4 is 10.1 Å². The molecule has 1 aromatic rings. The number of β-amino-alcohol motifs (C(OH)–C–C–N with tert-alkyl or cyclic N) is 1. The van der Waals surface area contributed by atoms with Gasteiger partial charge in [-0.05, 0) is 49.2 Å². The minimum atomic E-state index is -0.808. The van der Waals surface area contributed by atoms with Crippen molar-refractivity contribution in [2.24, 2.45) is 0 Å². The number of hydrogen-bond donors (Lipinski definition) is 2. The van der Waals surface area contributed by atoms with Gasteiger partial charge in [-0.3, -0.25) is 0 Å². The summed E-state index contributed by atoms with van der Waals surface area (Å²) in [6, 6.07) is 2.52. The molecule has 0 aliphatic carbocycles. The molecule has 25 heavy (non-hydrogen) atoms. The van der Waals surface area contributed by atoms with E-state index in [0.29, 0.717) is 28.9 Å². The minimum Gasteiger partial charge on any atom is -0.495 e. The van der Waals surface area contributed by atoms with Crippen molar-refractivity contribution < 1.29 is 23.8 Å². The van der Waals surface area contributed by atoms with E-state index in [1.807, 2.05) is 0 Å². The number of hydrogen-bond acceptors (Lipinski definition) is 5. The average Bonchev–Trinajstić information content (AvgIpc) is 2.50. The van der Waals surface area contributed by atoms with E-state index >= 15 is 0 Å². The number of nitrogens with one attached hydrogen (secondary N) is 1. The van der Waals surface area contributed by atoms with Gasteiger partial charge in [0.1, 0.15) is 17.2 Å². The van der Waals surface area contributed by atoms with E-state index < -0.39 is 23.6 Å². The Balaban J connectivity index is 2.03. The number of aliphatic hydroxyl groups is 1. The highest BCUT2D eigenvalue weighted by molar-refractivity contribution is 9.10. The van der Waals surface area contributed by atoms with Crippen molar-refractivity contribution in [1.82, 2.24) is 4.90 Å². The van der Waals surface area contributed by atoms with E-state index in [0.717, 1.165) is 0 Å². The lowest BCUT2D eigenvalue weighted by atomic mass is 10.0. The average molecular weight is 419 g/mol. The van der Waals surface area contributed by atoms with Gasteiger partial charge < -0.3 is 24.8 Å². The largest absolute Gasteiger partial charge is 0.495 e. The summed E-state index contributed by atoms with van der Waals surface area (Å²) in [5.74, 6) is 0.0408. The van der Waals surface area contributed by atoms with Crippen molar-refractivity contribution in [1.29, 1.82) is 0 Å². The number of nitrogens with zero attached hydrogens (tertiary/aromatic N) is 1. The molecular formula is C17H24BrFN2O4. The first-order valence-corrected chi connectivity index (χ1v) is 8.85. The summed E-state index contributed by atoms with van der Waals surface area (Å²) < 4.78 is 24.7. The van der Waals surface area contributed by atoms with Crippen LogP contribution in [0, 0.1) is 5.82 Å². The minimum absolute atomic E-state index is 0.147. The van der Waals surface area contributed by atoms with Gasteiger partial charge in [-0.2, -0.15) is 0 Å². The Morgan fingerprint density at radius 1 is 1.44 bits per heavy atom. The highest BCUT2D eigenvalue weighted by Crippen LogP contribution is 2.32. The van der Waals surface area contributed by atoms with Crippen LogP contribution in [0.1, 0.15) is 27.2 Å². The maximum atomic E-state index is 13.8. The third-order valence-electron chi connectivity index (χ3n) is 3.82. The van der Waals surface area contributed by atoms with E-state index in [1.54, 1.807) is 20.8 Å². The molecule has 1 fully saturated rings. The molecule has 0 spiro atoms. The van der Waals surface area contributed by atoms with Crippen LogP contribution in [0.5, 0.6) is 5.75 Å². The maximum absolute atomic E-state index is 13.8. The van der Waals surface area contributed by atoms with E-state index in [4.69, 9.17) is 9.47 Å². The van der Waals surface area contributed by atoms with Crippen molar-refractivity contribution in [2.45, 2.75) is 44.9 Å². The van der Waals surface area contributed by atoms with Gasteiger partial charge in [-0.15, -0.1) is 0 Å². The Bertz CT molecular complexity index is 636. The van der Waals surface area contributed by atoms with Crippen LogP contribution in [-0.2, 0) is 4.74 Å². The topological polar surface area (TPSA) is 71.0 Å². The number of anilines is 1. The predicted octanol–water partition coefficient (Wildman–Crippen LogP) is 3.38. The molecule has 8 heteroatoms. The fourth-order valence-electron chi connectivity index (χ4n) is 2.60. The molecule has 0 saturated carbocycles. The molecule has 1 saturated heterocycles. The van der Waals surface area contributed by atoms with Crippen LogP contribution in [0.15, 0.2) is 16.6 Å². The first kappa shape index (κ1) is 19.8. The van der Waals surface area contributed by atoms with E-state index in [9.17, 15) is 14.3 Å². The van der Waals surface area contributed by atoms with Gasteiger partial charge in [-0.25, -0.2) is 9.18 Å². The number of rotatable bonds is 3. The SMILES string of the molecule is COc1cc(Br)c(F)cc1N[C@@H]1CCN(C(=O)OC(C)(C)C)C[C@H]1O. The van der Waals surface area contributed by atoms with Crippen LogP contribution in [0.3, 0.4) is 0 Å². The Morgan fingerprint density at radius 3 is 2.68 bits per heavy atom. The first-order chi connectivity index (χ1) is 11.6. The Kier molecular flexibility index (Phi) is 6.16. The van der Waals surface area contributed by atoms with Gasteiger partial charge in [-0.1, -0.05) is 0 Å². The molecule has 140 valence electrons. The zero-order valence-corrected chi connectivity index (χ0v) is 16.4. The lowest BCUT2D eigenvalue weighted by Gasteiger charge is -2.37. The van der Waals surface area contributed by atoms with E-state index in [1.165, 1.54) is 24.1 Å². The summed E-state index contributed by atoms with van der Waals surface area (Å²) in [7, 11) is 1.49. The molecule has 0 unspecified atom stereocenters. The smallest absolute Gasteiger partial charge is 0.410 e. The monoisotopic (exact) mass is 418 g/mol. The molecule has 2 atom stereocenters. The fourth-order valence-corrected chi connectivity index (χ4v) is 2.92. The summed E-state index contributed by atoms with van der Waals surface area (Å²) in [5.41, 5.74) is -0.127. The molecule has 2 N–H and O–H groups in total. The van der Waals surface area contributed by atoms with Crippen molar-refractivity contribution >= 4 is 27.7 Å². The first-order valence-electron chi connectivity index (χ1n) is 8.06. The number of carbonyl (C=O) groups excluding carboxylic acids is 1. The fraction of sp³-hybridized carbons (Fsp3) is 0.588. The number of ether oxygens (including phenoxy) is 2. The molecule has 0 radical (unpaired) electrons. The Hall–Kier alpha value is -1.54. The number of amides is 1. The van der Waals surface area contributed by atoms with Gasteiger partial charge >= 0.3 is 6.09 Å². The number of methoxy groups -OCH3 is 1. The van der Waals surface area contributed by atoms with E-state index in [-0.39, 0.29) is 12.6 Å². The van der Waals surface area contributed by atoms with Crippen molar-refractivity contribution in [3.8, 4) is 5.75 Å². The normalized spacial score (nSPS) is 21.0. The summed E-state index contributed by atoms with van der Waals surface area (Å²) in [4.78, 5) is 13.6. The lowest BCUT2D eigenvalue weighted by Crippen LogP contribution is -2.52. The van der Waals surface area contributed by atoms with E-state index in [2.05, 4.69) is 21.2 Å². The standard InChI is InChI=1S/C17H24BrFN2O4/c1-17(2,3)25-16(23)21-6-5-12(14(22)9-21)20-13-8-11(19)10(18)7-15(13)24-4/h7-8,12,14,20,22H,5-6,9H2,1-4H3/t12-,14-/m1/s1. The second-order valence-electron chi connectivity index (χ2n) is 7.00. The summed E-state index contributed by atoms with van der Waals surface area (Å²) >= 11 is 3.12. The van der Waals surface area contributed by atoms with Crippen LogP contribution in [-0.4, -0.2) is 54.0 Å². The highest BCUT2D eigenvalue weighted by Gasteiger charge is 2.33. The highest BCUT2D eigenvalue weighted by atomic mass is 79.9. The van der Waals surface area contributed by atoms with Crippen molar-refractivity contribution in [3.05, 3.63) is 22.4 Å². The molecular weight excluding hydrogens is 395 g/mol. The number of carbonyl (C=O) groups is 1. The Labute approximate surface area is 155 Å². The number of halogens is 2. The molecule has 0 bridgehead atoms. The summed E-state index contributed by atoms with van der Waals surface area (Å²) in [6.45, 7) is 5.97. The third kappa shape index (κ3) is 5.22. The molecule has 0 aromatic heterocycles. The van der Waals surface area contributed by atoms with Gasteiger partial charge in [0.25, 0.3) is 0 Å². The van der Waals surface area contributed by atoms with Crippen LogP contribution in [0.4, 0.5) is 14.9 Å². The molecule has 1 amide bonds. The molecule has 1 aromatic carbocycles. The Morgan fingerprint density at radius 2 is 2.12 bits per heavy atom. The molecule has 1 aliphatic heterocycles. The molecule has 6 nitrogen and oxygen atoms in total. The van der Waals surface area contributed by atoms with Crippen molar-refractivity contribution in [3.63, 3.8) is 0 Å². The zero-order valence-electron chi connectivity index (χ0n) is 14.8. The third-order valence-corrected chi connectivity index (χ3v) is 4.42. The van der Waals surface area contributed by atoms with Gasteiger partial charge in [0.15, 0.2) is 0 Å². The number of likely N-dealkylation sites (tertiary alicyclic amines) is 1. The van der Waals surface area contributed by atoms with Crippen LogP contribution in [0.25, 0.3) is 0 Å². The number of aliphatic hydroxyl groups excluding tert-OH is 1. The van der Waals surface area contributed by atoms with Gasteiger partial charge in [0.05, 0.1) is 36.0 Å². The van der Waals surface area contributed by atoms with Crippen molar-refractivity contribution in [2.75, 3.05) is 25.5 Å². The summed E-state index contributed by atoms with van der Waals surface area (Å²) in [6.07, 6.45) is -0.753. The van der Waals surface area contributed by atoms with Crippen LogP contribution in [0.2, 0.25) is 0 Å². The second kappa shape index (κ2) is 7.78. The quantitative estimate of drug-likeness (QED) is 0.786. The lowest BCUT2D eigenvalue weighted by molar-refractivity contribution is 0.00117. The van der Waals surface area contributed by atoms with Gasteiger partial charge in [0.2, 0.25) is 0 Å².